The molecule has 0 aliphatic carbocycles. The van der Waals surface area contributed by atoms with Crippen LogP contribution in [0, 0.1) is 6.20 Å². The molecule has 48 valence electrons. The molecule has 0 aromatic rings. The van der Waals surface area contributed by atoms with Crippen LogP contribution in [0.3, 0.4) is 0 Å². The van der Waals surface area contributed by atoms with Crippen molar-refractivity contribution < 1.29 is 4.79 Å². The molecule has 2 radical (unpaired) electrons. The minimum Gasteiger partial charge on any atom is -0.292 e. The zero-order valence-corrected chi connectivity index (χ0v) is 5.64. The highest BCUT2D eigenvalue weighted by Gasteiger charge is 2.23. The zero-order chi connectivity index (χ0) is 6.85. The highest BCUT2D eigenvalue weighted by atomic mass is 16.1. The topological polar surface area (TPSA) is 31.2 Å². The molecule has 1 aliphatic heterocycles. The molecule has 0 spiro atoms. The molecule has 0 aromatic heterocycles. The SMILES string of the molecule is CCC1[N][C]=C(C)C1=O. The molecule has 0 N–H and O–H groups in total. The van der Waals surface area contributed by atoms with Crippen molar-refractivity contribution in [3.05, 3.63) is 11.8 Å². The summed E-state index contributed by atoms with van der Waals surface area (Å²) in [5, 5.41) is 3.88. The monoisotopic (exact) mass is 123 g/mol. The van der Waals surface area contributed by atoms with E-state index < -0.39 is 0 Å². The van der Waals surface area contributed by atoms with E-state index in [2.05, 4.69) is 11.5 Å². The minimum atomic E-state index is -0.120. The second-order valence-electron chi connectivity index (χ2n) is 2.15. The van der Waals surface area contributed by atoms with Crippen molar-refractivity contribution >= 4 is 5.78 Å². The minimum absolute atomic E-state index is 0.120. The summed E-state index contributed by atoms with van der Waals surface area (Å²) in [5.41, 5.74) is 0.668. The molecule has 2 nitrogen and oxygen atoms in total. The molecule has 0 bridgehead atoms. The number of nitrogens with zero attached hydrogens (tertiary/aromatic N) is 1. The van der Waals surface area contributed by atoms with E-state index in [1.807, 2.05) is 6.92 Å². The van der Waals surface area contributed by atoms with E-state index in [-0.39, 0.29) is 11.8 Å². The summed E-state index contributed by atoms with van der Waals surface area (Å²) >= 11 is 0. The molecule has 2 heteroatoms. The largest absolute Gasteiger partial charge is 0.292 e. The third-order valence-corrected chi connectivity index (χ3v) is 1.45. The van der Waals surface area contributed by atoms with E-state index >= 15 is 0 Å². The maximum Gasteiger partial charge on any atom is 0.185 e. The van der Waals surface area contributed by atoms with Gasteiger partial charge in [0.05, 0.1) is 6.20 Å². The zero-order valence-electron chi connectivity index (χ0n) is 5.64. The standard InChI is InChI=1S/C7H9NO/c1-3-6-7(9)5(2)4-8-6/h6H,3H2,1-2H3. The van der Waals surface area contributed by atoms with E-state index in [0.29, 0.717) is 5.57 Å². The van der Waals surface area contributed by atoms with Crippen LogP contribution in [-0.2, 0) is 4.79 Å². The van der Waals surface area contributed by atoms with Gasteiger partial charge in [0.2, 0.25) is 0 Å². The van der Waals surface area contributed by atoms with Crippen molar-refractivity contribution in [1.29, 1.82) is 0 Å². The molecule has 0 amide bonds. The fraction of sp³-hybridized carbons (Fsp3) is 0.571. The van der Waals surface area contributed by atoms with Gasteiger partial charge >= 0.3 is 0 Å². The van der Waals surface area contributed by atoms with Crippen molar-refractivity contribution in [3.63, 3.8) is 0 Å². The van der Waals surface area contributed by atoms with Gasteiger partial charge in [0, 0.05) is 5.57 Å². The van der Waals surface area contributed by atoms with Gasteiger partial charge in [0.15, 0.2) is 5.78 Å². The van der Waals surface area contributed by atoms with E-state index in [0.717, 1.165) is 6.42 Å². The molecule has 1 atom stereocenters. The van der Waals surface area contributed by atoms with Crippen LogP contribution in [0.5, 0.6) is 0 Å². The molecule has 1 unspecified atom stereocenters. The first-order valence-corrected chi connectivity index (χ1v) is 3.09. The third kappa shape index (κ3) is 0.969. The Morgan fingerprint density at radius 2 is 2.44 bits per heavy atom. The summed E-state index contributed by atoms with van der Waals surface area (Å²) in [6, 6.07) is -0.120. The Morgan fingerprint density at radius 1 is 1.78 bits per heavy atom. The summed E-state index contributed by atoms with van der Waals surface area (Å²) in [7, 11) is 0. The van der Waals surface area contributed by atoms with Crippen molar-refractivity contribution in [2.24, 2.45) is 0 Å². The molecule has 1 rings (SSSR count). The average Bonchev–Trinajstić information content (AvgIpc) is 2.15. The van der Waals surface area contributed by atoms with Gasteiger partial charge in [0.25, 0.3) is 0 Å². The smallest absolute Gasteiger partial charge is 0.185 e. The fourth-order valence-corrected chi connectivity index (χ4v) is 0.815. The van der Waals surface area contributed by atoms with Crippen LogP contribution in [0.25, 0.3) is 0 Å². The molecule has 1 heterocycles. The summed E-state index contributed by atoms with van der Waals surface area (Å²) in [6.45, 7) is 3.70. The van der Waals surface area contributed by atoms with Crippen LogP contribution in [0.15, 0.2) is 5.57 Å². The Morgan fingerprint density at radius 3 is 2.67 bits per heavy atom. The van der Waals surface area contributed by atoms with Crippen LogP contribution in [0.1, 0.15) is 20.3 Å². The summed E-state index contributed by atoms with van der Waals surface area (Å²) < 4.78 is 0. The van der Waals surface area contributed by atoms with E-state index in [4.69, 9.17) is 0 Å². The normalized spacial score (nSPS) is 25.8. The van der Waals surface area contributed by atoms with E-state index in [9.17, 15) is 4.79 Å². The lowest BCUT2D eigenvalue weighted by molar-refractivity contribution is -0.116. The van der Waals surface area contributed by atoms with Gasteiger partial charge in [-0.3, -0.25) is 10.1 Å². The maximum absolute atomic E-state index is 10.9. The first-order chi connectivity index (χ1) is 4.25. The summed E-state index contributed by atoms with van der Waals surface area (Å²) in [4.78, 5) is 10.9. The Labute approximate surface area is 54.9 Å². The van der Waals surface area contributed by atoms with Crippen molar-refractivity contribution in [3.8, 4) is 0 Å². The lowest BCUT2D eigenvalue weighted by Gasteiger charge is -2.00. The molecule has 0 saturated carbocycles. The molecule has 1 aliphatic rings. The van der Waals surface area contributed by atoms with E-state index in [1.165, 1.54) is 0 Å². The van der Waals surface area contributed by atoms with Gasteiger partial charge < -0.3 is 0 Å². The predicted octanol–water partition coefficient (Wildman–Crippen LogP) is 0.659. The lowest BCUT2D eigenvalue weighted by Crippen LogP contribution is -2.21. The quantitative estimate of drug-likeness (QED) is 0.504. The number of hydrogen-bond donors (Lipinski definition) is 0. The second-order valence-corrected chi connectivity index (χ2v) is 2.15. The van der Waals surface area contributed by atoms with Crippen LogP contribution >= 0.6 is 0 Å². The first kappa shape index (κ1) is 6.33. The van der Waals surface area contributed by atoms with E-state index in [1.54, 1.807) is 6.92 Å². The summed E-state index contributed by atoms with van der Waals surface area (Å²) in [5.74, 6) is 0.137. The number of ketones is 1. The maximum atomic E-state index is 10.9. The number of carbonyl (C=O) groups excluding carboxylic acids is 1. The Balaban J connectivity index is 2.62. The molecule has 9 heavy (non-hydrogen) atoms. The fourth-order valence-electron chi connectivity index (χ4n) is 0.815. The van der Waals surface area contributed by atoms with Crippen molar-refractivity contribution in [1.82, 2.24) is 5.32 Å². The van der Waals surface area contributed by atoms with Gasteiger partial charge in [-0.2, -0.15) is 0 Å². The molecular formula is C7H9NO. The third-order valence-electron chi connectivity index (χ3n) is 1.45. The van der Waals surface area contributed by atoms with Gasteiger partial charge in [-0.25, -0.2) is 0 Å². The molecule has 0 aromatic carbocycles. The average molecular weight is 123 g/mol. The number of hydrogen-bond acceptors (Lipinski definition) is 1. The number of rotatable bonds is 1. The van der Waals surface area contributed by atoms with Gasteiger partial charge in [-0.15, -0.1) is 0 Å². The summed E-state index contributed by atoms with van der Waals surface area (Å²) in [6.07, 6.45) is 3.46. The van der Waals surface area contributed by atoms with Gasteiger partial charge in [-0.1, -0.05) is 6.92 Å². The Hall–Kier alpha value is -0.790. The van der Waals surface area contributed by atoms with Crippen molar-refractivity contribution in [2.75, 3.05) is 0 Å². The predicted molar refractivity (Wildman–Crippen MR) is 33.6 cm³/mol. The first-order valence-electron chi connectivity index (χ1n) is 3.09. The Bertz CT molecular complexity index is 160. The Kier molecular flexibility index (Phi) is 1.56. The molecular weight excluding hydrogens is 114 g/mol. The molecule has 0 saturated heterocycles. The molecule has 0 fully saturated rings. The van der Waals surface area contributed by atoms with Gasteiger partial charge in [0.1, 0.15) is 6.04 Å². The van der Waals surface area contributed by atoms with Crippen LogP contribution < -0.4 is 5.32 Å². The van der Waals surface area contributed by atoms with Crippen molar-refractivity contribution in [2.45, 2.75) is 26.3 Å². The van der Waals surface area contributed by atoms with Crippen LogP contribution in [-0.4, -0.2) is 11.8 Å². The highest BCUT2D eigenvalue weighted by Crippen LogP contribution is 2.09. The highest BCUT2D eigenvalue weighted by molar-refractivity contribution is 6.00. The van der Waals surface area contributed by atoms with Gasteiger partial charge in [-0.05, 0) is 13.3 Å². The number of carbonyl (C=O) groups is 1. The van der Waals surface area contributed by atoms with Crippen LogP contribution in [0.2, 0.25) is 0 Å². The van der Waals surface area contributed by atoms with Crippen LogP contribution in [0.4, 0.5) is 0 Å². The lowest BCUT2D eigenvalue weighted by atomic mass is 10.1. The number of Topliss-reactive ketones (excluding diaryl/α,β-unsaturated/α-hetero) is 1. The second kappa shape index (κ2) is 2.21.